The second-order valence-electron chi connectivity index (χ2n) is 7.99. The number of methoxy groups -OCH3 is 3. The molecule has 2 aromatic carbocycles. The molecule has 1 aliphatic rings. The van der Waals surface area contributed by atoms with Crippen molar-refractivity contribution in [3.63, 3.8) is 0 Å². The monoisotopic (exact) mass is 509 g/mol. The third kappa shape index (κ3) is 3.98. The van der Waals surface area contributed by atoms with Gasteiger partial charge >= 0.3 is 0 Å². The van der Waals surface area contributed by atoms with Gasteiger partial charge in [0.2, 0.25) is 5.91 Å². The average molecular weight is 510 g/mol. The minimum Gasteiger partial charge on any atom is -0.497 e. The van der Waals surface area contributed by atoms with E-state index in [0.29, 0.717) is 27.8 Å². The fourth-order valence-electron chi connectivity index (χ4n) is 4.42. The molecule has 8 nitrogen and oxygen atoms in total. The van der Waals surface area contributed by atoms with Gasteiger partial charge in [0.15, 0.2) is 16.6 Å². The first-order valence-corrected chi connectivity index (χ1v) is 12.5. The van der Waals surface area contributed by atoms with E-state index in [9.17, 15) is 9.59 Å². The molecule has 10 heteroatoms. The number of likely N-dealkylation sites (N-methyl/N-ethyl adjacent to an activating group) is 1. The highest BCUT2D eigenvalue weighted by Crippen LogP contribution is 2.47. The van der Waals surface area contributed by atoms with Crippen molar-refractivity contribution in [3.05, 3.63) is 63.8 Å². The molecular formula is C25H23N3O5S2. The Kier molecular flexibility index (Phi) is 6.08. The van der Waals surface area contributed by atoms with Crippen LogP contribution in [0.4, 0.5) is 5.13 Å². The van der Waals surface area contributed by atoms with Crippen LogP contribution in [0.25, 0.3) is 10.2 Å². The maximum Gasteiger partial charge on any atom is 0.254 e. The van der Waals surface area contributed by atoms with Gasteiger partial charge in [-0.1, -0.05) is 17.4 Å². The molecule has 35 heavy (non-hydrogen) atoms. The molecule has 0 radical (unpaired) electrons. The molecule has 0 saturated carbocycles. The summed E-state index contributed by atoms with van der Waals surface area (Å²) in [5.41, 5.74) is 1.76. The Bertz CT molecular complexity index is 1420. The number of hydrogen-bond acceptors (Lipinski definition) is 8. The van der Waals surface area contributed by atoms with Crippen molar-refractivity contribution in [1.29, 1.82) is 0 Å². The second-order valence-corrected chi connectivity index (χ2v) is 10.0. The number of carbonyl (C=O) groups is 2. The highest BCUT2D eigenvalue weighted by atomic mass is 32.1. The van der Waals surface area contributed by atoms with Gasteiger partial charge < -0.3 is 24.4 Å². The van der Waals surface area contributed by atoms with Crippen molar-refractivity contribution >= 4 is 49.8 Å². The van der Waals surface area contributed by atoms with E-state index in [1.165, 1.54) is 36.9 Å². The fourth-order valence-corrected chi connectivity index (χ4v) is 6.22. The van der Waals surface area contributed by atoms with Crippen LogP contribution in [0.15, 0.2) is 47.8 Å². The molecule has 2 amide bonds. The second kappa shape index (κ2) is 9.20. The van der Waals surface area contributed by atoms with E-state index in [1.54, 1.807) is 31.2 Å². The van der Waals surface area contributed by atoms with Crippen LogP contribution in [0.3, 0.4) is 0 Å². The van der Waals surface area contributed by atoms with Gasteiger partial charge in [0.1, 0.15) is 5.75 Å². The number of nitrogens with zero attached hydrogens (tertiary/aromatic N) is 2. The summed E-state index contributed by atoms with van der Waals surface area (Å²) < 4.78 is 17.1. The topological polar surface area (TPSA) is 90.0 Å². The van der Waals surface area contributed by atoms with Crippen LogP contribution < -0.4 is 19.5 Å². The maximum atomic E-state index is 13.9. The lowest BCUT2D eigenvalue weighted by atomic mass is 9.81. The summed E-state index contributed by atoms with van der Waals surface area (Å²) in [5, 5.41) is 5.41. The zero-order chi connectivity index (χ0) is 24.7. The largest absolute Gasteiger partial charge is 0.497 e. The van der Waals surface area contributed by atoms with E-state index in [0.717, 1.165) is 20.8 Å². The van der Waals surface area contributed by atoms with E-state index < -0.39 is 12.0 Å². The average Bonchev–Trinajstić information content (AvgIpc) is 3.54. The Morgan fingerprint density at radius 3 is 2.51 bits per heavy atom. The molecule has 0 fully saturated rings. The molecule has 2 atom stereocenters. The molecule has 0 aliphatic carbocycles. The van der Waals surface area contributed by atoms with Crippen LogP contribution in [-0.4, -0.2) is 50.1 Å². The number of anilines is 1. The van der Waals surface area contributed by atoms with Crippen molar-refractivity contribution in [2.75, 3.05) is 33.7 Å². The fraction of sp³-hybridized carbons (Fsp3) is 0.240. The van der Waals surface area contributed by atoms with Gasteiger partial charge in [-0.15, -0.1) is 11.3 Å². The third-order valence-corrected chi connectivity index (χ3v) is 7.99. The third-order valence-electron chi connectivity index (χ3n) is 6.12. The lowest BCUT2D eigenvalue weighted by Gasteiger charge is -2.39. The number of rotatable bonds is 6. The number of aromatic nitrogens is 1. The number of hydrogen-bond donors (Lipinski definition) is 1. The van der Waals surface area contributed by atoms with Crippen LogP contribution in [0.5, 0.6) is 17.2 Å². The molecule has 1 N–H and O–H groups in total. The number of amides is 2. The summed E-state index contributed by atoms with van der Waals surface area (Å²) in [5.74, 6) is 0.477. The van der Waals surface area contributed by atoms with Crippen molar-refractivity contribution in [1.82, 2.24) is 9.88 Å². The zero-order valence-electron chi connectivity index (χ0n) is 19.5. The van der Waals surface area contributed by atoms with E-state index in [-0.39, 0.29) is 11.8 Å². The maximum absolute atomic E-state index is 13.9. The molecule has 4 aromatic rings. The van der Waals surface area contributed by atoms with Crippen LogP contribution >= 0.6 is 22.7 Å². The van der Waals surface area contributed by atoms with E-state index in [2.05, 4.69) is 10.3 Å². The Balaban J connectivity index is 1.60. The molecule has 0 saturated heterocycles. The summed E-state index contributed by atoms with van der Waals surface area (Å²) in [6.45, 7) is 0. The smallest absolute Gasteiger partial charge is 0.254 e. The zero-order valence-corrected chi connectivity index (χ0v) is 21.2. The highest BCUT2D eigenvalue weighted by molar-refractivity contribution is 7.22. The first kappa shape index (κ1) is 23.1. The Labute approximate surface area is 210 Å². The molecule has 0 bridgehead atoms. The van der Waals surface area contributed by atoms with Crippen LogP contribution in [-0.2, 0) is 4.79 Å². The number of carbonyl (C=O) groups excluding carboxylic acids is 2. The van der Waals surface area contributed by atoms with Gasteiger partial charge in [0, 0.05) is 17.5 Å². The Morgan fingerprint density at radius 2 is 1.83 bits per heavy atom. The summed E-state index contributed by atoms with van der Waals surface area (Å²) >= 11 is 2.87. The Hall–Kier alpha value is -3.63. The van der Waals surface area contributed by atoms with Crippen LogP contribution in [0.2, 0.25) is 0 Å². The molecule has 0 unspecified atom stereocenters. The van der Waals surface area contributed by atoms with Crippen LogP contribution in [0.1, 0.15) is 32.8 Å². The van der Waals surface area contributed by atoms with Crippen LogP contribution in [0, 0.1) is 0 Å². The van der Waals surface area contributed by atoms with E-state index >= 15 is 0 Å². The van der Waals surface area contributed by atoms with Gasteiger partial charge in [0.25, 0.3) is 5.91 Å². The number of ether oxygens (including phenoxy) is 3. The summed E-state index contributed by atoms with van der Waals surface area (Å²) in [6.07, 6.45) is 0. The van der Waals surface area contributed by atoms with Gasteiger partial charge in [-0.2, -0.15) is 0 Å². The normalized spacial score (nSPS) is 17.3. The molecule has 5 rings (SSSR count). The van der Waals surface area contributed by atoms with Gasteiger partial charge in [-0.25, -0.2) is 4.98 Å². The van der Waals surface area contributed by atoms with Crippen molar-refractivity contribution in [2.45, 2.75) is 12.0 Å². The number of nitrogens with one attached hydrogen (secondary N) is 1. The Morgan fingerprint density at radius 1 is 1.06 bits per heavy atom. The van der Waals surface area contributed by atoms with E-state index in [4.69, 9.17) is 14.2 Å². The summed E-state index contributed by atoms with van der Waals surface area (Å²) in [6, 6.07) is 12.3. The number of thiazole rings is 1. The number of benzene rings is 2. The predicted molar refractivity (Wildman–Crippen MR) is 136 cm³/mol. The molecule has 1 aliphatic heterocycles. The van der Waals surface area contributed by atoms with Gasteiger partial charge in [-0.3, -0.25) is 9.59 Å². The molecule has 2 aromatic heterocycles. The number of fused-ring (bicyclic) bond motifs is 2. The lowest BCUT2D eigenvalue weighted by Crippen LogP contribution is -2.43. The number of thiophene rings is 1. The SMILES string of the molecule is COc1ccc2nc(NC(=O)[C@H]3c4cc(OC)c(OC)cc4C(=O)N(C)[C@@H]3c3cccs3)sc2c1. The summed E-state index contributed by atoms with van der Waals surface area (Å²) in [7, 11) is 6.37. The summed E-state index contributed by atoms with van der Waals surface area (Å²) in [4.78, 5) is 34.3. The quantitative estimate of drug-likeness (QED) is 0.396. The lowest BCUT2D eigenvalue weighted by molar-refractivity contribution is -0.119. The highest BCUT2D eigenvalue weighted by Gasteiger charge is 2.44. The minimum atomic E-state index is -0.687. The predicted octanol–water partition coefficient (Wildman–Crippen LogP) is 4.93. The standard InChI is InChI=1S/C25H23N3O5S2/c1-28-22(19-6-5-9-34-19)21(14-11-17(32-3)18(33-4)12-15(14)24(28)30)23(29)27-25-26-16-8-7-13(31-2)10-20(16)35-25/h5-12,21-22H,1-4H3,(H,26,27,29)/t21-,22+/m0/s1. The molecule has 0 spiro atoms. The van der Waals surface area contributed by atoms with Gasteiger partial charge in [0.05, 0.1) is 43.5 Å². The molecular weight excluding hydrogens is 486 g/mol. The molecule has 180 valence electrons. The molecule has 3 heterocycles. The first-order valence-electron chi connectivity index (χ1n) is 10.8. The van der Waals surface area contributed by atoms with Crippen molar-refractivity contribution in [3.8, 4) is 17.2 Å². The van der Waals surface area contributed by atoms with Crippen molar-refractivity contribution < 1.29 is 23.8 Å². The van der Waals surface area contributed by atoms with Gasteiger partial charge in [-0.05, 0) is 47.3 Å². The van der Waals surface area contributed by atoms with Crippen molar-refractivity contribution in [2.24, 2.45) is 0 Å². The van der Waals surface area contributed by atoms with E-state index in [1.807, 2.05) is 35.7 Å². The first-order chi connectivity index (χ1) is 16.9. The minimum absolute atomic E-state index is 0.185.